The van der Waals surface area contributed by atoms with E-state index in [2.05, 4.69) is 42.7 Å². The van der Waals surface area contributed by atoms with Crippen molar-refractivity contribution in [1.29, 1.82) is 0 Å². The Kier molecular flexibility index (Phi) is 8.89. The van der Waals surface area contributed by atoms with Crippen LogP contribution in [0, 0.1) is 13.8 Å². The van der Waals surface area contributed by atoms with Gasteiger partial charge in [-0.05, 0) is 39.4 Å². The largest absolute Gasteiger partial charge is 0.354 e. The SMILES string of the molecule is CNC(C)CNC(=O)CSc1ccc(C)cc1C.Cl. The second kappa shape index (κ2) is 9.23. The maximum absolute atomic E-state index is 11.7. The maximum Gasteiger partial charge on any atom is 0.230 e. The summed E-state index contributed by atoms with van der Waals surface area (Å²) in [5.41, 5.74) is 2.49. The fourth-order valence-corrected chi connectivity index (χ4v) is 2.36. The lowest BCUT2D eigenvalue weighted by Crippen LogP contribution is -2.37. The average Bonchev–Trinajstić information content (AvgIpc) is 2.34. The molecule has 0 aliphatic heterocycles. The first-order chi connectivity index (χ1) is 8.52. The van der Waals surface area contributed by atoms with Crippen molar-refractivity contribution in [2.45, 2.75) is 31.7 Å². The third-order valence-electron chi connectivity index (χ3n) is 2.79. The Bertz CT molecular complexity index is 412. The highest BCUT2D eigenvalue weighted by Gasteiger charge is 2.06. The van der Waals surface area contributed by atoms with Crippen LogP contribution in [0.2, 0.25) is 0 Å². The zero-order valence-corrected chi connectivity index (χ0v) is 13.6. The van der Waals surface area contributed by atoms with Gasteiger partial charge in [-0.2, -0.15) is 0 Å². The van der Waals surface area contributed by atoms with Crippen molar-refractivity contribution in [1.82, 2.24) is 10.6 Å². The number of halogens is 1. The Morgan fingerprint density at radius 2 is 2.05 bits per heavy atom. The van der Waals surface area contributed by atoms with Crippen LogP contribution in [0.15, 0.2) is 23.1 Å². The molecule has 0 fully saturated rings. The van der Waals surface area contributed by atoms with E-state index in [4.69, 9.17) is 0 Å². The van der Waals surface area contributed by atoms with Crippen molar-refractivity contribution in [2.75, 3.05) is 19.3 Å². The average molecular weight is 303 g/mol. The predicted octanol–water partition coefficient (Wildman–Crippen LogP) is 2.54. The lowest BCUT2D eigenvalue weighted by Gasteiger charge is -2.11. The molecule has 19 heavy (non-hydrogen) atoms. The molecule has 0 bridgehead atoms. The van der Waals surface area contributed by atoms with E-state index in [1.54, 1.807) is 11.8 Å². The van der Waals surface area contributed by atoms with Crippen LogP contribution in [0.25, 0.3) is 0 Å². The standard InChI is InChI=1S/C14H22N2OS.ClH/c1-10-5-6-13(11(2)7-10)18-9-14(17)16-8-12(3)15-4;/h5-7,12,15H,8-9H2,1-4H3,(H,16,17);1H. The third-order valence-corrected chi connectivity index (χ3v) is 3.96. The summed E-state index contributed by atoms with van der Waals surface area (Å²) >= 11 is 1.59. The lowest BCUT2D eigenvalue weighted by molar-refractivity contribution is -0.118. The summed E-state index contributed by atoms with van der Waals surface area (Å²) in [7, 11) is 1.89. The Labute approximate surface area is 126 Å². The van der Waals surface area contributed by atoms with Crippen molar-refractivity contribution in [3.8, 4) is 0 Å². The summed E-state index contributed by atoms with van der Waals surface area (Å²) < 4.78 is 0. The molecule has 0 aromatic heterocycles. The third kappa shape index (κ3) is 6.85. The summed E-state index contributed by atoms with van der Waals surface area (Å²) in [6.45, 7) is 6.87. The molecule has 2 N–H and O–H groups in total. The number of thioether (sulfide) groups is 1. The van der Waals surface area contributed by atoms with Gasteiger partial charge in [0.15, 0.2) is 0 Å². The number of hydrogen-bond acceptors (Lipinski definition) is 3. The molecule has 108 valence electrons. The van der Waals surface area contributed by atoms with E-state index in [9.17, 15) is 4.79 Å². The molecule has 1 aromatic carbocycles. The van der Waals surface area contributed by atoms with Gasteiger partial charge in [0.1, 0.15) is 0 Å². The highest BCUT2D eigenvalue weighted by atomic mass is 35.5. The van der Waals surface area contributed by atoms with Crippen molar-refractivity contribution in [2.24, 2.45) is 0 Å². The van der Waals surface area contributed by atoms with Gasteiger partial charge in [-0.25, -0.2) is 0 Å². The molecule has 1 rings (SSSR count). The molecule has 0 saturated carbocycles. The van der Waals surface area contributed by atoms with Gasteiger partial charge in [0, 0.05) is 17.5 Å². The van der Waals surface area contributed by atoms with Crippen LogP contribution in [-0.4, -0.2) is 31.3 Å². The van der Waals surface area contributed by atoms with Crippen LogP contribution < -0.4 is 10.6 Å². The molecule has 0 aliphatic carbocycles. The van der Waals surface area contributed by atoms with Crippen LogP contribution in [0.1, 0.15) is 18.1 Å². The van der Waals surface area contributed by atoms with E-state index >= 15 is 0 Å². The molecule has 1 unspecified atom stereocenters. The first-order valence-electron chi connectivity index (χ1n) is 6.17. The predicted molar refractivity (Wildman–Crippen MR) is 85.4 cm³/mol. The topological polar surface area (TPSA) is 41.1 Å². The van der Waals surface area contributed by atoms with Gasteiger partial charge in [0.05, 0.1) is 5.75 Å². The van der Waals surface area contributed by atoms with E-state index in [0.29, 0.717) is 18.3 Å². The zero-order valence-electron chi connectivity index (χ0n) is 11.9. The van der Waals surface area contributed by atoms with Gasteiger partial charge in [-0.1, -0.05) is 17.7 Å². The summed E-state index contributed by atoms with van der Waals surface area (Å²) in [5, 5.41) is 6.00. The molecule has 1 aromatic rings. The number of rotatable bonds is 6. The normalized spacial score (nSPS) is 11.6. The molecule has 0 heterocycles. The molecule has 3 nitrogen and oxygen atoms in total. The van der Waals surface area contributed by atoms with Crippen molar-refractivity contribution < 1.29 is 4.79 Å². The number of likely N-dealkylation sites (N-methyl/N-ethyl adjacent to an activating group) is 1. The number of benzene rings is 1. The molecule has 1 atom stereocenters. The van der Waals surface area contributed by atoms with Gasteiger partial charge < -0.3 is 10.6 Å². The lowest BCUT2D eigenvalue weighted by atomic mass is 10.2. The molecule has 0 radical (unpaired) electrons. The number of nitrogens with one attached hydrogen (secondary N) is 2. The Balaban J connectivity index is 0.00000324. The van der Waals surface area contributed by atoms with Crippen LogP contribution in [-0.2, 0) is 4.79 Å². The van der Waals surface area contributed by atoms with Gasteiger partial charge >= 0.3 is 0 Å². The fraction of sp³-hybridized carbons (Fsp3) is 0.500. The number of amides is 1. The molecule has 5 heteroatoms. The molecule has 0 saturated heterocycles. The number of hydrogen-bond donors (Lipinski definition) is 2. The van der Waals surface area contributed by atoms with E-state index < -0.39 is 0 Å². The molecule has 0 spiro atoms. The Morgan fingerprint density at radius 3 is 2.63 bits per heavy atom. The van der Waals surface area contributed by atoms with Crippen molar-refractivity contribution in [3.63, 3.8) is 0 Å². The summed E-state index contributed by atoms with van der Waals surface area (Å²) in [6.07, 6.45) is 0. The number of carbonyl (C=O) groups is 1. The van der Waals surface area contributed by atoms with Gasteiger partial charge in [0.2, 0.25) is 5.91 Å². The smallest absolute Gasteiger partial charge is 0.230 e. The maximum atomic E-state index is 11.7. The molecular weight excluding hydrogens is 280 g/mol. The minimum Gasteiger partial charge on any atom is -0.354 e. The minimum absolute atomic E-state index is 0. The number of aryl methyl sites for hydroxylation is 2. The monoisotopic (exact) mass is 302 g/mol. The summed E-state index contributed by atoms with van der Waals surface area (Å²) in [5.74, 6) is 0.558. The van der Waals surface area contributed by atoms with Crippen molar-refractivity contribution >= 4 is 30.1 Å². The number of carbonyl (C=O) groups excluding carboxylic acids is 1. The second-order valence-corrected chi connectivity index (χ2v) is 5.57. The second-order valence-electron chi connectivity index (χ2n) is 4.55. The van der Waals surface area contributed by atoms with E-state index in [1.807, 2.05) is 14.0 Å². The van der Waals surface area contributed by atoms with E-state index in [1.165, 1.54) is 16.0 Å². The quantitative estimate of drug-likeness (QED) is 0.794. The Hall–Kier alpha value is -0.710. The van der Waals surface area contributed by atoms with E-state index in [-0.39, 0.29) is 18.3 Å². The van der Waals surface area contributed by atoms with Crippen LogP contribution >= 0.6 is 24.2 Å². The fourth-order valence-electron chi connectivity index (χ4n) is 1.52. The molecule has 1 amide bonds. The molecule has 0 aliphatic rings. The first kappa shape index (κ1) is 18.3. The van der Waals surface area contributed by atoms with E-state index in [0.717, 1.165) is 0 Å². The van der Waals surface area contributed by atoms with Crippen LogP contribution in [0.5, 0.6) is 0 Å². The van der Waals surface area contributed by atoms with Crippen LogP contribution in [0.3, 0.4) is 0 Å². The van der Waals surface area contributed by atoms with Crippen molar-refractivity contribution in [3.05, 3.63) is 29.3 Å². The highest BCUT2D eigenvalue weighted by Crippen LogP contribution is 2.22. The van der Waals surface area contributed by atoms with Gasteiger partial charge in [-0.15, -0.1) is 24.2 Å². The first-order valence-corrected chi connectivity index (χ1v) is 7.15. The summed E-state index contributed by atoms with van der Waals surface area (Å²) in [6, 6.07) is 6.61. The summed E-state index contributed by atoms with van der Waals surface area (Å²) in [4.78, 5) is 12.8. The highest BCUT2D eigenvalue weighted by molar-refractivity contribution is 8.00. The van der Waals surface area contributed by atoms with Crippen LogP contribution in [0.4, 0.5) is 0 Å². The zero-order chi connectivity index (χ0) is 13.5. The minimum atomic E-state index is 0. The Morgan fingerprint density at radius 1 is 1.37 bits per heavy atom. The molecular formula is C14H23ClN2OS. The van der Waals surface area contributed by atoms with Gasteiger partial charge in [-0.3, -0.25) is 4.79 Å². The van der Waals surface area contributed by atoms with Gasteiger partial charge in [0.25, 0.3) is 0 Å².